The Hall–Kier alpha value is -1.97. The van der Waals surface area contributed by atoms with E-state index in [2.05, 4.69) is 5.32 Å². The van der Waals surface area contributed by atoms with Crippen molar-refractivity contribution in [3.63, 3.8) is 0 Å². The van der Waals surface area contributed by atoms with Crippen LogP contribution in [0.15, 0.2) is 24.3 Å². The zero-order valence-corrected chi connectivity index (χ0v) is 12.7. The number of amides is 1. The van der Waals surface area contributed by atoms with E-state index < -0.39 is 5.60 Å². The summed E-state index contributed by atoms with van der Waals surface area (Å²) in [7, 11) is 0. The fraction of sp³-hybridized carbons (Fsp3) is 0.438. The Morgan fingerprint density at radius 2 is 2.10 bits per heavy atom. The monoisotopic (exact) mass is 276 g/mol. The molecule has 0 saturated carbocycles. The minimum absolute atomic E-state index is 0.380. The molecule has 0 saturated heterocycles. The van der Waals surface area contributed by atoms with Gasteiger partial charge in [-0.05, 0) is 51.3 Å². The highest BCUT2D eigenvalue weighted by Crippen LogP contribution is 2.13. The van der Waals surface area contributed by atoms with Gasteiger partial charge in [-0.3, -0.25) is 0 Å². The lowest BCUT2D eigenvalue weighted by molar-refractivity contribution is 0.0529. The number of rotatable bonds is 4. The van der Waals surface area contributed by atoms with E-state index in [-0.39, 0.29) is 6.09 Å². The topological polar surface area (TPSA) is 64.3 Å². The average molecular weight is 276 g/mol. The van der Waals surface area contributed by atoms with E-state index in [4.69, 9.17) is 10.5 Å². The summed E-state index contributed by atoms with van der Waals surface area (Å²) < 4.78 is 5.14. The predicted octanol–water partition coefficient (Wildman–Crippen LogP) is 3.51. The highest BCUT2D eigenvalue weighted by atomic mass is 16.6. The normalized spacial score (nSPS) is 11.6. The summed E-state index contributed by atoms with van der Waals surface area (Å²) in [5.41, 5.74) is 8.28. The Kier molecular flexibility index (Phi) is 5.62. The average Bonchev–Trinajstić information content (AvgIpc) is 2.31. The van der Waals surface area contributed by atoms with Gasteiger partial charge in [0.05, 0.1) is 0 Å². The molecule has 0 aromatic heterocycles. The number of carbonyl (C=O) groups excluding carboxylic acids is 1. The predicted molar refractivity (Wildman–Crippen MR) is 83.5 cm³/mol. The molecule has 0 unspecified atom stereocenters. The molecule has 0 atom stereocenters. The van der Waals surface area contributed by atoms with E-state index in [1.807, 2.05) is 58.0 Å². The zero-order valence-electron chi connectivity index (χ0n) is 12.7. The van der Waals surface area contributed by atoms with Crippen LogP contribution in [0.5, 0.6) is 0 Å². The third kappa shape index (κ3) is 6.27. The lowest BCUT2D eigenvalue weighted by Gasteiger charge is -2.19. The quantitative estimate of drug-likeness (QED) is 0.653. The molecule has 0 bridgehead atoms. The third-order valence-electron chi connectivity index (χ3n) is 2.58. The molecular weight excluding hydrogens is 252 g/mol. The van der Waals surface area contributed by atoms with Crippen LogP contribution in [0.1, 0.15) is 38.3 Å². The van der Waals surface area contributed by atoms with E-state index in [1.54, 1.807) is 0 Å². The van der Waals surface area contributed by atoms with Gasteiger partial charge in [-0.25, -0.2) is 4.79 Å². The van der Waals surface area contributed by atoms with Crippen LogP contribution in [0, 0.1) is 6.92 Å². The first-order valence-electron chi connectivity index (χ1n) is 6.77. The number of benzene rings is 1. The molecule has 0 spiro atoms. The van der Waals surface area contributed by atoms with Crippen LogP contribution < -0.4 is 11.1 Å². The number of hydrogen-bond acceptors (Lipinski definition) is 3. The summed E-state index contributed by atoms with van der Waals surface area (Å²) >= 11 is 0. The molecule has 3 N–H and O–H groups in total. The summed E-state index contributed by atoms with van der Waals surface area (Å²) in [6, 6.07) is 5.90. The van der Waals surface area contributed by atoms with Crippen molar-refractivity contribution in [1.82, 2.24) is 5.32 Å². The van der Waals surface area contributed by atoms with Gasteiger partial charge in [0.25, 0.3) is 0 Å². The Morgan fingerprint density at radius 3 is 2.70 bits per heavy atom. The van der Waals surface area contributed by atoms with Crippen molar-refractivity contribution in [3.05, 3.63) is 35.4 Å². The first-order valence-corrected chi connectivity index (χ1v) is 6.77. The molecule has 4 nitrogen and oxygen atoms in total. The van der Waals surface area contributed by atoms with Gasteiger partial charge in [0.15, 0.2) is 0 Å². The number of anilines is 1. The van der Waals surface area contributed by atoms with Crippen molar-refractivity contribution in [1.29, 1.82) is 0 Å². The molecule has 0 aliphatic carbocycles. The lowest BCUT2D eigenvalue weighted by Crippen LogP contribution is -2.32. The molecule has 1 aromatic carbocycles. The minimum atomic E-state index is -0.457. The van der Waals surface area contributed by atoms with Crippen LogP contribution in [0.25, 0.3) is 6.08 Å². The van der Waals surface area contributed by atoms with Crippen LogP contribution in [-0.2, 0) is 4.74 Å². The van der Waals surface area contributed by atoms with Gasteiger partial charge in [0.1, 0.15) is 5.60 Å². The van der Waals surface area contributed by atoms with Crippen LogP contribution >= 0.6 is 0 Å². The molecule has 1 rings (SSSR count). The third-order valence-corrected chi connectivity index (χ3v) is 2.58. The van der Waals surface area contributed by atoms with Crippen molar-refractivity contribution < 1.29 is 9.53 Å². The van der Waals surface area contributed by atoms with Gasteiger partial charge in [-0.15, -0.1) is 0 Å². The Bertz CT molecular complexity index is 488. The molecular formula is C16H24N2O2. The summed E-state index contributed by atoms with van der Waals surface area (Å²) in [6.45, 7) is 8.07. The highest BCUT2D eigenvalue weighted by Gasteiger charge is 2.15. The molecule has 1 aromatic rings. The molecule has 1 amide bonds. The number of nitrogens with two attached hydrogens (primary N) is 1. The standard InChI is InChI=1S/C16H24N2O2/c1-12-11-13(8-9-14(12)17)7-5-6-10-18-15(19)20-16(2,3)4/h5,7-9,11H,6,10,17H2,1-4H3,(H,18,19). The maximum Gasteiger partial charge on any atom is 0.407 e. The number of nitrogen functional groups attached to an aromatic ring is 1. The Balaban J connectivity index is 2.32. The van der Waals surface area contributed by atoms with Crippen molar-refractivity contribution >= 4 is 17.9 Å². The lowest BCUT2D eigenvalue weighted by atomic mass is 10.1. The second kappa shape index (κ2) is 6.98. The SMILES string of the molecule is Cc1cc(C=CCCNC(=O)OC(C)(C)C)ccc1N. The van der Waals surface area contributed by atoms with Gasteiger partial charge in [0.2, 0.25) is 0 Å². The van der Waals surface area contributed by atoms with Gasteiger partial charge in [-0.2, -0.15) is 0 Å². The van der Waals surface area contributed by atoms with E-state index in [1.165, 1.54) is 0 Å². The second-order valence-electron chi connectivity index (χ2n) is 5.74. The molecule has 0 fully saturated rings. The summed E-state index contributed by atoms with van der Waals surface area (Å²) in [4.78, 5) is 11.4. The smallest absolute Gasteiger partial charge is 0.407 e. The van der Waals surface area contributed by atoms with E-state index in [0.717, 1.165) is 23.2 Å². The second-order valence-corrected chi connectivity index (χ2v) is 5.74. The van der Waals surface area contributed by atoms with Crippen molar-refractivity contribution in [2.45, 2.75) is 39.7 Å². The molecule has 0 heterocycles. The fourth-order valence-electron chi connectivity index (χ4n) is 1.59. The van der Waals surface area contributed by atoms with E-state index >= 15 is 0 Å². The number of nitrogens with one attached hydrogen (secondary N) is 1. The molecule has 0 aliphatic heterocycles. The molecule has 4 heteroatoms. The molecule has 110 valence electrons. The largest absolute Gasteiger partial charge is 0.444 e. The number of carbonyl (C=O) groups is 1. The Labute approximate surface area is 121 Å². The van der Waals surface area contributed by atoms with Crippen LogP contribution in [0.2, 0.25) is 0 Å². The fourth-order valence-corrected chi connectivity index (χ4v) is 1.59. The van der Waals surface area contributed by atoms with Gasteiger partial charge in [0, 0.05) is 12.2 Å². The summed E-state index contributed by atoms with van der Waals surface area (Å²) in [5, 5.41) is 2.71. The van der Waals surface area contributed by atoms with Crippen LogP contribution in [0.3, 0.4) is 0 Å². The maximum atomic E-state index is 11.4. The Morgan fingerprint density at radius 1 is 1.40 bits per heavy atom. The minimum Gasteiger partial charge on any atom is -0.444 e. The molecule has 0 radical (unpaired) electrons. The number of aryl methyl sites for hydroxylation is 1. The molecule has 20 heavy (non-hydrogen) atoms. The van der Waals surface area contributed by atoms with E-state index in [9.17, 15) is 4.79 Å². The van der Waals surface area contributed by atoms with Crippen molar-refractivity contribution in [3.8, 4) is 0 Å². The molecule has 0 aliphatic rings. The first-order chi connectivity index (χ1) is 9.28. The van der Waals surface area contributed by atoms with E-state index in [0.29, 0.717) is 6.54 Å². The highest BCUT2D eigenvalue weighted by molar-refractivity contribution is 5.67. The summed E-state index contributed by atoms with van der Waals surface area (Å²) in [6.07, 6.45) is 4.41. The number of hydrogen-bond donors (Lipinski definition) is 2. The van der Waals surface area contributed by atoms with Crippen LogP contribution in [-0.4, -0.2) is 18.2 Å². The zero-order chi connectivity index (χ0) is 15.2. The van der Waals surface area contributed by atoms with Gasteiger partial charge >= 0.3 is 6.09 Å². The van der Waals surface area contributed by atoms with Gasteiger partial charge in [-0.1, -0.05) is 24.3 Å². The van der Waals surface area contributed by atoms with Crippen molar-refractivity contribution in [2.24, 2.45) is 0 Å². The van der Waals surface area contributed by atoms with Crippen LogP contribution in [0.4, 0.5) is 10.5 Å². The maximum absolute atomic E-state index is 11.4. The number of alkyl carbamates (subject to hydrolysis) is 1. The van der Waals surface area contributed by atoms with Crippen molar-refractivity contribution in [2.75, 3.05) is 12.3 Å². The number of ether oxygens (including phenoxy) is 1. The first kappa shape index (κ1) is 16.1. The van der Waals surface area contributed by atoms with Gasteiger partial charge < -0.3 is 15.8 Å². The summed E-state index contributed by atoms with van der Waals surface area (Å²) in [5.74, 6) is 0.